The molecule has 1 fully saturated rings. The lowest BCUT2D eigenvalue weighted by Crippen LogP contribution is -2.28. The molecule has 1 aromatic rings. The molecule has 2 rings (SSSR count). The van der Waals surface area contributed by atoms with E-state index < -0.39 is 17.6 Å². The summed E-state index contributed by atoms with van der Waals surface area (Å²) in [6, 6.07) is 3.83. The molecule has 1 heterocycles. The molecule has 0 bridgehead atoms. The van der Waals surface area contributed by atoms with Crippen LogP contribution in [-0.2, 0) is 4.74 Å². The summed E-state index contributed by atoms with van der Waals surface area (Å²) in [6.07, 6.45) is 1.50. The van der Waals surface area contributed by atoms with Crippen LogP contribution in [0, 0.1) is 23.1 Å². The Kier molecular flexibility index (Phi) is 3.80. The standard InChI is InChI=1S/C13H15FN2O2/c14-10-2-1-9(7-15)11(13(10)17)12(16)8-3-5-18-6-4-8/h1-2,8,12,17H,3-6,16H2/t12-/m1/s1. The maximum atomic E-state index is 13.4. The summed E-state index contributed by atoms with van der Waals surface area (Å²) in [7, 11) is 0. The lowest BCUT2D eigenvalue weighted by atomic mass is 9.85. The predicted molar refractivity (Wildman–Crippen MR) is 63.3 cm³/mol. The molecular formula is C13H15FN2O2. The van der Waals surface area contributed by atoms with Crippen molar-refractivity contribution < 1.29 is 14.2 Å². The fourth-order valence-electron chi connectivity index (χ4n) is 2.33. The van der Waals surface area contributed by atoms with Gasteiger partial charge in [0.05, 0.1) is 11.6 Å². The van der Waals surface area contributed by atoms with E-state index in [9.17, 15) is 9.50 Å². The highest BCUT2D eigenvalue weighted by Gasteiger charge is 2.27. The molecule has 0 spiro atoms. The highest BCUT2D eigenvalue weighted by molar-refractivity contribution is 5.48. The zero-order valence-corrected chi connectivity index (χ0v) is 9.90. The Labute approximate surface area is 105 Å². The van der Waals surface area contributed by atoms with Crippen LogP contribution in [0.4, 0.5) is 4.39 Å². The first-order valence-electron chi connectivity index (χ1n) is 5.90. The van der Waals surface area contributed by atoms with Crippen molar-refractivity contribution in [3.05, 3.63) is 29.1 Å². The second kappa shape index (κ2) is 5.34. The number of ether oxygens (including phenoxy) is 1. The highest BCUT2D eigenvalue weighted by atomic mass is 19.1. The lowest BCUT2D eigenvalue weighted by Gasteiger charge is -2.28. The van der Waals surface area contributed by atoms with E-state index in [4.69, 9.17) is 15.7 Å². The predicted octanol–water partition coefficient (Wildman–Crippen LogP) is 1.83. The van der Waals surface area contributed by atoms with Gasteiger partial charge in [-0.15, -0.1) is 0 Å². The first kappa shape index (κ1) is 12.8. The molecule has 4 nitrogen and oxygen atoms in total. The summed E-state index contributed by atoms with van der Waals surface area (Å²) < 4.78 is 18.6. The minimum atomic E-state index is -0.744. The molecule has 1 saturated heterocycles. The van der Waals surface area contributed by atoms with Crippen LogP contribution in [0.5, 0.6) is 5.75 Å². The Morgan fingerprint density at radius 3 is 2.72 bits per heavy atom. The van der Waals surface area contributed by atoms with E-state index >= 15 is 0 Å². The van der Waals surface area contributed by atoms with Crippen LogP contribution in [0.3, 0.4) is 0 Å². The average Bonchev–Trinajstić information content (AvgIpc) is 2.42. The molecule has 1 aliphatic heterocycles. The number of rotatable bonds is 2. The highest BCUT2D eigenvalue weighted by Crippen LogP contribution is 2.36. The first-order chi connectivity index (χ1) is 8.65. The Morgan fingerprint density at radius 1 is 1.44 bits per heavy atom. The topological polar surface area (TPSA) is 79.3 Å². The van der Waals surface area contributed by atoms with Gasteiger partial charge in [0.2, 0.25) is 0 Å². The van der Waals surface area contributed by atoms with E-state index in [1.807, 2.05) is 6.07 Å². The van der Waals surface area contributed by atoms with Gasteiger partial charge in [0.1, 0.15) is 0 Å². The normalized spacial score (nSPS) is 18.3. The quantitative estimate of drug-likeness (QED) is 0.839. The third-order valence-corrected chi connectivity index (χ3v) is 3.40. The number of nitriles is 1. The van der Waals surface area contributed by atoms with Gasteiger partial charge in [0.15, 0.2) is 11.6 Å². The summed E-state index contributed by atoms with van der Waals surface area (Å²) in [5, 5.41) is 18.8. The van der Waals surface area contributed by atoms with Gasteiger partial charge in [-0.1, -0.05) is 0 Å². The van der Waals surface area contributed by atoms with Crippen LogP contribution < -0.4 is 5.73 Å². The molecule has 5 heteroatoms. The number of aromatic hydroxyl groups is 1. The Morgan fingerprint density at radius 2 is 2.11 bits per heavy atom. The third-order valence-electron chi connectivity index (χ3n) is 3.40. The Bertz CT molecular complexity index is 479. The van der Waals surface area contributed by atoms with Crippen molar-refractivity contribution >= 4 is 0 Å². The number of nitrogens with two attached hydrogens (primary N) is 1. The molecule has 0 radical (unpaired) electrons. The van der Waals surface area contributed by atoms with Crippen molar-refractivity contribution in [1.82, 2.24) is 0 Å². The average molecular weight is 250 g/mol. The summed E-state index contributed by atoms with van der Waals surface area (Å²) in [6.45, 7) is 1.21. The number of nitrogens with zero attached hydrogens (tertiary/aromatic N) is 1. The van der Waals surface area contributed by atoms with Gasteiger partial charge < -0.3 is 15.6 Å². The van der Waals surface area contributed by atoms with Crippen molar-refractivity contribution in [2.45, 2.75) is 18.9 Å². The van der Waals surface area contributed by atoms with Gasteiger partial charge in [-0.05, 0) is 30.9 Å². The van der Waals surface area contributed by atoms with Gasteiger partial charge in [0.25, 0.3) is 0 Å². The molecule has 0 saturated carbocycles. The summed E-state index contributed by atoms with van der Waals surface area (Å²) >= 11 is 0. The number of phenolic OH excluding ortho intramolecular Hbond substituents is 1. The molecule has 0 unspecified atom stereocenters. The van der Waals surface area contributed by atoms with Crippen LogP contribution in [0.2, 0.25) is 0 Å². The second-order valence-electron chi connectivity index (χ2n) is 4.44. The molecule has 0 aromatic heterocycles. The van der Waals surface area contributed by atoms with Crippen LogP contribution in [-0.4, -0.2) is 18.3 Å². The number of hydrogen-bond donors (Lipinski definition) is 2. The van der Waals surface area contributed by atoms with Gasteiger partial charge in [0, 0.05) is 24.8 Å². The smallest absolute Gasteiger partial charge is 0.165 e. The van der Waals surface area contributed by atoms with E-state index in [2.05, 4.69) is 0 Å². The molecule has 1 aliphatic rings. The largest absolute Gasteiger partial charge is 0.505 e. The number of halogens is 1. The molecule has 0 amide bonds. The maximum absolute atomic E-state index is 13.4. The second-order valence-corrected chi connectivity index (χ2v) is 4.44. The van der Waals surface area contributed by atoms with Crippen molar-refractivity contribution in [2.75, 3.05) is 13.2 Å². The van der Waals surface area contributed by atoms with E-state index in [0.29, 0.717) is 13.2 Å². The van der Waals surface area contributed by atoms with Crippen LogP contribution >= 0.6 is 0 Å². The number of benzene rings is 1. The molecular weight excluding hydrogens is 235 g/mol. The van der Waals surface area contributed by atoms with Crippen molar-refractivity contribution in [2.24, 2.45) is 11.7 Å². The fourth-order valence-corrected chi connectivity index (χ4v) is 2.33. The van der Waals surface area contributed by atoms with E-state index in [-0.39, 0.29) is 17.0 Å². The van der Waals surface area contributed by atoms with E-state index in [1.54, 1.807) is 0 Å². The minimum absolute atomic E-state index is 0.0959. The van der Waals surface area contributed by atoms with Crippen LogP contribution in [0.15, 0.2) is 12.1 Å². The van der Waals surface area contributed by atoms with Gasteiger partial charge in [-0.25, -0.2) is 4.39 Å². The molecule has 0 aliphatic carbocycles. The lowest BCUT2D eigenvalue weighted by molar-refractivity contribution is 0.0580. The van der Waals surface area contributed by atoms with Crippen molar-refractivity contribution in [1.29, 1.82) is 5.26 Å². The summed E-state index contributed by atoms with van der Waals surface area (Å²) in [5.41, 5.74) is 6.52. The monoisotopic (exact) mass is 250 g/mol. The Hall–Kier alpha value is -1.64. The van der Waals surface area contributed by atoms with Gasteiger partial charge >= 0.3 is 0 Å². The van der Waals surface area contributed by atoms with E-state index in [0.717, 1.165) is 18.9 Å². The van der Waals surface area contributed by atoms with Crippen LogP contribution in [0.25, 0.3) is 0 Å². The number of phenols is 1. The number of hydrogen-bond acceptors (Lipinski definition) is 4. The van der Waals surface area contributed by atoms with Crippen molar-refractivity contribution in [3.63, 3.8) is 0 Å². The zero-order valence-electron chi connectivity index (χ0n) is 9.90. The molecule has 18 heavy (non-hydrogen) atoms. The summed E-state index contributed by atoms with van der Waals surface area (Å²) in [4.78, 5) is 0. The third kappa shape index (κ3) is 2.30. The van der Waals surface area contributed by atoms with E-state index in [1.165, 1.54) is 6.07 Å². The SMILES string of the molecule is N#Cc1ccc(F)c(O)c1[C@H](N)C1CCOCC1. The maximum Gasteiger partial charge on any atom is 0.165 e. The van der Waals surface area contributed by atoms with Gasteiger partial charge in [-0.2, -0.15) is 5.26 Å². The minimum Gasteiger partial charge on any atom is -0.505 e. The molecule has 96 valence electrons. The zero-order chi connectivity index (χ0) is 13.1. The molecule has 1 atom stereocenters. The molecule has 3 N–H and O–H groups in total. The molecule has 1 aromatic carbocycles. The van der Waals surface area contributed by atoms with Crippen LogP contribution in [0.1, 0.15) is 30.0 Å². The summed E-state index contributed by atoms with van der Waals surface area (Å²) in [5.74, 6) is -1.15. The fraction of sp³-hybridized carbons (Fsp3) is 0.462. The first-order valence-corrected chi connectivity index (χ1v) is 5.90. The van der Waals surface area contributed by atoms with Gasteiger partial charge in [-0.3, -0.25) is 0 Å². The van der Waals surface area contributed by atoms with Crippen molar-refractivity contribution in [3.8, 4) is 11.8 Å². The Balaban J connectivity index is 2.36.